The van der Waals surface area contributed by atoms with Crippen molar-refractivity contribution in [2.45, 2.75) is 58.5 Å². The summed E-state index contributed by atoms with van der Waals surface area (Å²) in [6.45, 7) is 4.84. The van der Waals surface area contributed by atoms with Gasteiger partial charge in [0.05, 0.1) is 5.69 Å². The van der Waals surface area contributed by atoms with Crippen molar-refractivity contribution in [2.75, 3.05) is 11.4 Å². The Hall–Kier alpha value is -1.71. The Morgan fingerprint density at radius 3 is 2.67 bits per heavy atom. The van der Waals surface area contributed by atoms with Crippen molar-refractivity contribution >= 4 is 11.6 Å². The van der Waals surface area contributed by atoms with Crippen molar-refractivity contribution < 1.29 is 14.6 Å². The Bertz CT molecular complexity index is 487. The molecule has 1 aromatic rings. The van der Waals surface area contributed by atoms with E-state index in [1.165, 1.54) is 19.3 Å². The number of carbonyl (C=O) groups is 1. The number of phenolic OH excluding ortho intramolecular Hbond substituents is 1. The molecule has 116 valence electrons. The second-order valence-electron chi connectivity index (χ2n) is 5.57. The first-order valence-corrected chi connectivity index (χ1v) is 7.98. The first-order valence-electron chi connectivity index (χ1n) is 7.98. The number of phenols is 1. The number of unbranched alkanes of at least 4 members (excludes halogenated alkanes) is 4. The SMILES string of the molecule is CCCCCCCN1C(=O)C(CC)Oc2ccc(O)cc21. The number of aromatic hydroxyl groups is 1. The van der Waals surface area contributed by atoms with Gasteiger partial charge < -0.3 is 14.7 Å². The Morgan fingerprint density at radius 2 is 1.95 bits per heavy atom. The van der Waals surface area contributed by atoms with Crippen LogP contribution in [0.15, 0.2) is 18.2 Å². The average Bonchev–Trinajstić information content (AvgIpc) is 2.48. The van der Waals surface area contributed by atoms with Crippen LogP contribution < -0.4 is 9.64 Å². The number of hydrogen-bond donors (Lipinski definition) is 1. The molecule has 1 atom stereocenters. The van der Waals surface area contributed by atoms with Gasteiger partial charge in [0.2, 0.25) is 0 Å². The van der Waals surface area contributed by atoms with Crippen molar-refractivity contribution in [3.05, 3.63) is 18.2 Å². The average molecular weight is 291 g/mol. The minimum atomic E-state index is -0.405. The number of ether oxygens (including phenoxy) is 1. The first kappa shape index (κ1) is 15.7. The van der Waals surface area contributed by atoms with Crippen LogP contribution in [0.25, 0.3) is 0 Å². The molecule has 0 aromatic heterocycles. The second-order valence-corrected chi connectivity index (χ2v) is 5.57. The van der Waals surface area contributed by atoms with E-state index in [4.69, 9.17) is 4.74 Å². The smallest absolute Gasteiger partial charge is 0.268 e. The number of carbonyl (C=O) groups excluding carboxylic acids is 1. The van der Waals surface area contributed by atoms with Gasteiger partial charge in [-0.3, -0.25) is 4.79 Å². The zero-order chi connectivity index (χ0) is 15.2. The fourth-order valence-corrected chi connectivity index (χ4v) is 2.67. The summed E-state index contributed by atoms with van der Waals surface area (Å²) >= 11 is 0. The molecular formula is C17H25NO3. The molecule has 0 spiro atoms. The highest BCUT2D eigenvalue weighted by atomic mass is 16.5. The van der Waals surface area contributed by atoms with Crippen LogP contribution >= 0.6 is 0 Å². The molecule has 0 aliphatic carbocycles. The summed E-state index contributed by atoms with van der Waals surface area (Å²) in [5, 5.41) is 9.66. The van der Waals surface area contributed by atoms with Crippen LogP contribution in [0.2, 0.25) is 0 Å². The minimum Gasteiger partial charge on any atom is -0.508 e. The highest BCUT2D eigenvalue weighted by molar-refractivity contribution is 6.00. The van der Waals surface area contributed by atoms with Crippen LogP contribution in [0.3, 0.4) is 0 Å². The molecule has 1 heterocycles. The Balaban J connectivity index is 2.09. The highest BCUT2D eigenvalue weighted by Crippen LogP contribution is 2.37. The van der Waals surface area contributed by atoms with Gasteiger partial charge in [-0.25, -0.2) is 0 Å². The van der Waals surface area contributed by atoms with Crippen molar-refractivity contribution in [3.8, 4) is 11.5 Å². The third kappa shape index (κ3) is 3.69. The molecule has 1 N–H and O–H groups in total. The molecule has 1 aromatic carbocycles. The summed E-state index contributed by atoms with van der Waals surface area (Å²) in [6, 6.07) is 4.95. The van der Waals surface area contributed by atoms with E-state index in [0.717, 1.165) is 12.8 Å². The number of nitrogens with zero attached hydrogens (tertiary/aromatic N) is 1. The van der Waals surface area contributed by atoms with Crippen LogP contribution in [0.4, 0.5) is 5.69 Å². The molecule has 0 radical (unpaired) electrons. The lowest BCUT2D eigenvalue weighted by Gasteiger charge is -2.34. The Morgan fingerprint density at radius 1 is 1.19 bits per heavy atom. The third-order valence-electron chi connectivity index (χ3n) is 3.90. The van der Waals surface area contributed by atoms with Gasteiger partial charge in [-0.1, -0.05) is 39.5 Å². The van der Waals surface area contributed by atoms with Crippen molar-refractivity contribution in [1.29, 1.82) is 0 Å². The first-order chi connectivity index (χ1) is 10.2. The molecule has 21 heavy (non-hydrogen) atoms. The van der Waals surface area contributed by atoms with E-state index in [1.54, 1.807) is 23.1 Å². The zero-order valence-corrected chi connectivity index (χ0v) is 13.0. The molecule has 1 aliphatic heterocycles. The molecule has 0 bridgehead atoms. The van der Waals surface area contributed by atoms with E-state index in [1.807, 2.05) is 6.92 Å². The Kier molecular flexibility index (Phi) is 5.48. The van der Waals surface area contributed by atoms with Crippen molar-refractivity contribution in [1.82, 2.24) is 0 Å². The largest absolute Gasteiger partial charge is 0.508 e. The molecule has 4 heteroatoms. The standard InChI is InChI=1S/C17H25NO3/c1-3-5-6-7-8-11-18-14-12-13(19)9-10-16(14)21-15(4-2)17(18)20/h9-10,12,15,19H,3-8,11H2,1-2H3. The summed E-state index contributed by atoms with van der Waals surface area (Å²) in [5.41, 5.74) is 0.695. The number of hydrogen-bond acceptors (Lipinski definition) is 3. The van der Waals surface area contributed by atoms with Gasteiger partial charge in [-0.05, 0) is 25.0 Å². The summed E-state index contributed by atoms with van der Waals surface area (Å²) in [5.74, 6) is 0.856. The van der Waals surface area contributed by atoms with Crippen molar-refractivity contribution in [3.63, 3.8) is 0 Å². The molecule has 0 saturated heterocycles. The summed E-state index contributed by atoms with van der Waals surface area (Å²) < 4.78 is 5.72. The third-order valence-corrected chi connectivity index (χ3v) is 3.90. The van der Waals surface area contributed by atoms with E-state index in [9.17, 15) is 9.90 Å². The maximum absolute atomic E-state index is 12.5. The molecular weight excluding hydrogens is 266 g/mol. The molecule has 4 nitrogen and oxygen atoms in total. The van der Waals surface area contributed by atoms with Gasteiger partial charge in [-0.15, -0.1) is 0 Å². The zero-order valence-electron chi connectivity index (χ0n) is 13.0. The van der Waals surface area contributed by atoms with Gasteiger partial charge in [0, 0.05) is 12.6 Å². The van der Waals surface area contributed by atoms with Crippen LogP contribution in [-0.4, -0.2) is 23.7 Å². The maximum atomic E-state index is 12.5. The predicted octanol–water partition coefficient (Wildman–Crippen LogP) is 3.87. The van der Waals surface area contributed by atoms with E-state index < -0.39 is 6.10 Å². The second kappa shape index (κ2) is 7.34. The van der Waals surface area contributed by atoms with E-state index in [0.29, 0.717) is 24.4 Å². The molecule has 1 aliphatic rings. The van der Waals surface area contributed by atoms with Crippen LogP contribution in [0, 0.1) is 0 Å². The number of benzene rings is 1. The van der Waals surface area contributed by atoms with E-state index >= 15 is 0 Å². The molecule has 1 unspecified atom stereocenters. The maximum Gasteiger partial charge on any atom is 0.268 e. The molecule has 0 fully saturated rings. The lowest BCUT2D eigenvalue weighted by Crippen LogP contribution is -2.46. The monoisotopic (exact) mass is 291 g/mol. The quantitative estimate of drug-likeness (QED) is 0.776. The van der Waals surface area contributed by atoms with Crippen molar-refractivity contribution in [2.24, 2.45) is 0 Å². The normalized spacial score (nSPS) is 17.5. The predicted molar refractivity (Wildman–Crippen MR) is 83.9 cm³/mol. The minimum absolute atomic E-state index is 0.00564. The number of amides is 1. The fourth-order valence-electron chi connectivity index (χ4n) is 2.67. The van der Waals surface area contributed by atoms with Crippen LogP contribution in [-0.2, 0) is 4.79 Å². The van der Waals surface area contributed by atoms with Gasteiger partial charge >= 0.3 is 0 Å². The van der Waals surface area contributed by atoms with Gasteiger partial charge in [0.25, 0.3) is 5.91 Å². The van der Waals surface area contributed by atoms with Gasteiger partial charge in [-0.2, -0.15) is 0 Å². The summed E-state index contributed by atoms with van der Waals surface area (Å²) in [7, 11) is 0. The topological polar surface area (TPSA) is 49.8 Å². The molecule has 0 saturated carbocycles. The van der Waals surface area contributed by atoms with Gasteiger partial charge in [0.15, 0.2) is 6.10 Å². The highest BCUT2D eigenvalue weighted by Gasteiger charge is 2.33. The summed E-state index contributed by atoms with van der Waals surface area (Å²) in [6.07, 6.45) is 6.03. The van der Waals surface area contributed by atoms with Crippen LogP contribution in [0.1, 0.15) is 52.4 Å². The number of rotatable bonds is 7. The van der Waals surface area contributed by atoms with E-state index in [2.05, 4.69) is 6.92 Å². The van der Waals surface area contributed by atoms with Gasteiger partial charge in [0.1, 0.15) is 11.5 Å². The lowest BCUT2D eigenvalue weighted by atomic mass is 10.1. The number of fused-ring (bicyclic) bond motifs is 1. The summed E-state index contributed by atoms with van der Waals surface area (Å²) in [4.78, 5) is 14.2. The van der Waals surface area contributed by atoms with Crippen LogP contribution in [0.5, 0.6) is 11.5 Å². The fraction of sp³-hybridized carbons (Fsp3) is 0.588. The lowest BCUT2D eigenvalue weighted by molar-refractivity contribution is -0.126. The Labute approximate surface area is 126 Å². The molecule has 2 rings (SSSR count). The van der Waals surface area contributed by atoms with E-state index in [-0.39, 0.29) is 11.7 Å². The molecule has 1 amide bonds. The number of anilines is 1.